The highest BCUT2D eigenvalue weighted by Gasteiger charge is 2.38. The van der Waals surface area contributed by atoms with Gasteiger partial charge in [-0.05, 0) is 54.4 Å². The van der Waals surface area contributed by atoms with Crippen LogP contribution in [0.5, 0.6) is 5.75 Å². The number of rotatable bonds is 6. The Morgan fingerprint density at radius 1 is 0.949 bits per heavy atom. The normalized spacial score (nSPS) is 16.1. The summed E-state index contributed by atoms with van der Waals surface area (Å²) in [5.74, 6) is -3.61. The fourth-order valence-electron chi connectivity index (χ4n) is 4.04. The molecule has 39 heavy (non-hydrogen) atoms. The van der Waals surface area contributed by atoms with Crippen molar-refractivity contribution in [2.45, 2.75) is 30.3 Å². The molecule has 0 bridgehead atoms. The van der Waals surface area contributed by atoms with Crippen molar-refractivity contribution in [2.75, 3.05) is 10.8 Å². The molecule has 3 aromatic carbocycles. The van der Waals surface area contributed by atoms with E-state index in [1.54, 1.807) is 0 Å². The van der Waals surface area contributed by atoms with Crippen molar-refractivity contribution in [3.8, 4) is 5.75 Å². The van der Waals surface area contributed by atoms with Gasteiger partial charge >= 0.3 is 18.3 Å². The van der Waals surface area contributed by atoms with Crippen LogP contribution < -0.4 is 9.04 Å². The molecule has 1 aliphatic heterocycles. The number of sulfonamides is 1. The van der Waals surface area contributed by atoms with Crippen LogP contribution in [0.1, 0.15) is 22.3 Å². The molecule has 14 heteroatoms. The zero-order valence-electron chi connectivity index (χ0n) is 19.6. The van der Waals surface area contributed by atoms with Crippen molar-refractivity contribution in [2.24, 2.45) is 5.92 Å². The van der Waals surface area contributed by atoms with E-state index in [1.807, 2.05) is 0 Å². The summed E-state index contributed by atoms with van der Waals surface area (Å²) in [5.41, 5.74) is -2.63. The van der Waals surface area contributed by atoms with Gasteiger partial charge in [-0.3, -0.25) is 9.10 Å². The Balaban J connectivity index is 1.70. The second kappa shape index (κ2) is 10.1. The topological polar surface area (TPSA) is 83.9 Å². The van der Waals surface area contributed by atoms with Crippen molar-refractivity contribution < 1.29 is 53.8 Å². The number of hydrogen-bond acceptors (Lipinski definition) is 4. The van der Waals surface area contributed by atoms with E-state index < -0.39 is 74.8 Å². The number of carbonyl (C=O) groups is 1. The average Bonchev–Trinajstić information content (AvgIpc) is 2.86. The van der Waals surface area contributed by atoms with Crippen LogP contribution in [0.25, 0.3) is 0 Å². The lowest BCUT2D eigenvalue weighted by molar-refractivity contribution is -0.141. The Morgan fingerprint density at radius 2 is 1.62 bits per heavy atom. The number of fused-ring (bicyclic) bond motifs is 1. The van der Waals surface area contributed by atoms with E-state index in [-0.39, 0.29) is 23.4 Å². The standard InChI is InChI=1S/C25H18F7NO5S/c26-21-7-5-18(25(30,31)32)9-16(21)13-38-19-6-4-14-8-15(23(34)35)12-33(22(14)11-19)39(36,37)20-3-1-2-17(10-20)24(27,28)29/h1-7,9-11,15H,8,12-13H2,(H,34,35). The second-order valence-corrected chi connectivity index (χ2v) is 10.5. The lowest BCUT2D eigenvalue weighted by Gasteiger charge is -2.34. The van der Waals surface area contributed by atoms with E-state index >= 15 is 0 Å². The van der Waals surface area contributed by atoms with Crippen molar-refractivity contribution >= 4 is 21.7 Å². The van der Waals surface area contributed by atoms with Gasteiger partial charge in [0.15, 0.2) is 0 Å². The number of nitrogens with zero attached hydrogens (tertiary/aromatic N) is 1. The van der Waals surface area contributed by atoms with E-state index in [9.17, 15) is 49.1 Å². The van der Waals surface area contributed by atoms with Crippen molar-refractivity contribution in [3.63, 3.8) is 0 Å². The Hall–Kier alpha value is -3.81. The minimum Gasteiger partial charge on any atom is -0.489 e. The smallest absolute Gasteiger partial charge is 0.416 e. The molecule has 0 amide bonds. The molecule has 1 aliphatic rings. The van der Waals surface area contributed by atoms with Crippen LogP contribution in [0.3, 0.4) is 0 Å². The average molecular weight is 577 g/mol. The van der Waals surface area contributed by atoms with E-state index in [4.69, 9.17) is 4.74 Å². The Labute approximate surface area is 217 Å². The second-order valence-electron chi connectivity index (χ2n) is 8.68. The maximum absolute atomic E-state index is 14.1. The number of benzene rings is 3. The van der Waals surface area contributed by atoms with Crippen LogP contribution in [0, 0.1) is 11.7 Å². The van der Waals surface area contributed by atoms with E-state index in [1.165, 1.54) is 12.1 Å². The molecule has 0 fully saturated rings. The highest BCUT2D eigenvalue weighted by atomic mass is 32.2. The predicted molar refractivity (Wildman–Crippen MR) is 123 cm³/mol. The molecule has 4 rings (SSSR count). The molecule has 0 saturated carbocycles. The summed E-state index contributed by atoms with van der Waals surface area (Å²) >= 11 is 0. The van der Waals surface area contributed by atoms with Crippen LogP contribution in [0.4, 0.5) is 36.4 Å². The summed E-state index contributed by atoms with van der Waals surface area (Å²) in [6.07, 6.45) is -9.68. The zero-order chi connectivity index (χ0) is 28.8. The fourth-order valence-corrected chi connectivity index (χ4v) is 5.63. The third-order valence-corrected chi connectivity index (χ3v) is 7.82. The van der Waals surface area contributed by atoms with E-state index in [2.05, 4.69) is 0 Å². The monoisotopic (exact) mass is 577 g/mol. The quantitative estimate of drug-likeness (QED) is 0.370. The summed E-state index contributed by atoms with van der Waals surface area (Å²) in [6.45, 7) is -1.26. The molecule has 0 aromatic heterocycles. The third kappa shape index (κ3) is 5.95. The van der Waals surface area contributed by atoms with Crippen molar-refractivity contribution in [3.05, 3.63) is 88.7 Å². The van der Waals surface area contributed by atoms with Crippen LogP contribution in [-0.2, 0) is 40.2 Å². The molecule has 0 radical (unpaired) electrons. The minimum absolute atomic E-state index is 0.0908. The van der Waals surface area contributed by atoms with Gasteiger partial charge in [0.2, 0.25) is 0 Å². The van der Waals surface area contributed by atoms with Crippen LogP contribution in [0.15, 0.2) is 65.6 Å². The molecule has 6 nitrogen and oxygen atoms in total. The highest BCUT2D eigenvalue weighted by molar-refractivity contribution is 7.92. The van der Waals surface area contributed by atoms with Gasteiger partial charge in [-0.25, -0.2) is 12.8 Å². The molecule has 1 unspecified atom stereocenters. The van der Waals surface area contributed by atoms with Gasteiger partial charge in [0, 0.05) is 18.2 Å². The number of ether oxygens (including phenoxy) is 1. The number of hydrogen-bond donors (Lipinski definition) is 1. The first-order chi connectivity index (χ1) is 18.1. The summed E-state index contributed by atoms with van der Waals surface area (Å²) in [7, 11) is -4.71. The van der Waals surface area contributed by atoms with Gasteiger partial charge in [-0.2, -0.15) is 26.3 Å². The van der Waals surface area contributed by atoms with Gasteiger partial charge in [0.05, 0.1) is 27.6 Å². The van der Waals surface area contributed by atoms with E-state index in [0.29, 0.717) is 34.6 Å². The van der Waals surface area contributed by atoms with Crippen molar-refractivity contribution in [1.82, 2.24) is 0 Å². The SMILES string of the molecule is O=C(O)C1Cc2ccc(OCc3cc(C(F)(F)F)ccc3F)cc2N(S(=O)(=O)c2cccc(C(F)(F)F)c2)C1. The lowest BCUT2D eigenvalue weighted by Crippen LogP contribution is -2.42. The molecule has 208 valence electrons. The molecule has 1 N–H and O–H groups in total. The molecular weight excluding hydrogens is 559 g/mol. The molecule has 1 heterocycles. The summed E-state index contributed by atoms with van der Waals surface area (Å²) < 4.78 is 126. The Bertz CT molecular complexity index is 1520. The van der Waals surface area contributed by atoms with Crippen LogP contribution >= 0.6 is 0 Å². The first kappa shape index (κ1) is 28.2. The lowest BCUT2D eigenvalue weighted by atomic mass is 9.94. The van der Waals surface area contributed by atoms with Gasteiger partial charge in [-0.1, -0.05) is 12.1 Å². The number of aliphatic carboxylic acids is 1. The largest absolute Gasteiger partial charge is 0.489 e. The molecule has 0 spiro atoms. The summed E-state index contributed by atoms with van der Waals surface area (Å²) in [4.78, 5) is 11.0. The maximum Gasteiger partial charge on any atom is 0.416 e. The molecule has 0 aliphatic carbocycles. The van der Waals surface area contributed by atoms with Gasteiger partial charge in [0.1, 0.15) is 18.2 Å². The predicted octanol–water partition coefficient (Wildman–Crippen LogP) is 5.89. The third-order valence-electron chi connectivity index (χ3n) is 6.04. The molecular formula is C25H18F7NO5S. The number of alkyl halides is 6. The fraction of sp³-hybridized carbons (Fsp3) is 0.240. The molecule has 0 saturated heterocycles. The first-order valence-corrected chi connectivity index (χ1v) is 12.6. The number of carboxylic acids is 1. The van der Waals surface area contributed by atoms with E-state index in [0.717, 1.165) is 18.2 Å². The number of anilines is 1. The Morgan fingerprint density at radius 3 is 2.26 bits per heavy atom. The Kier molecular flexibility index (Phi) is 7.27. The maximum atomic E-state index is 14.1. The summed E-state index contributed by atoms with van der Waals surface area (Å²) in [5, 5.41) is 9.53. The number of halogens is 7. The zero-order valence-corrected chi connectivity index (χ0v) is 20.4. The van der Waals surface area contributed by atoms with Gasteiger partial charge in [0.25, 0.3) is 10.0 Å². The van der Waals surface area contributed by atoms with Crippen LogP contribution in [0.2, 0.25) is 0 Å². The number of carboxylic acid groups (broad SMARTS) is 1. The van der Waals surface area contributed by atoms with Gasteiger partial charge in [-0.15, -0.1) is 0 Å². The minimum atomic E-state index is -4.84. The molecule has 3 aromatic rings. The highest BCUT2D eigenvalue weighted by Crippen LogP contribution is 2.38. The van der Waals surface area contributed by atoms with Gasteiger partial charge < -0.3 is 9.84 Å². The van der Waals surface area contributed by atoms with Crippen LogP contribution in [-0.4, -0.2) is 26.0 Å². The summed E-state index contributed by atoms with van der Waals surface area (Å²) in [6, 6.07) is 8.49. The van der Waals surface area contributed by atoms with Crippen molar-refractivity contribution in [1.29, 1.82) is 0 Å². The first-order valence-electron chi connectivity index (χ1n) is 11.1. The molecule has 1 atom stereocenters.